The average molecular weight is 413 g/mol. The summed E-state index contributed by atoms with van der Waals surface area (Å²) in [5, 5.41) is 3.10. The first-order valence-electron chi connectivity index (χ1n) is 10.5. The maximum Gasteiger partial charge on any atom is 0.252 e. The van der Waals surface area contributed by atoms with Gasteiger partial charge in [0.05, 0.1) is 10.9 Å². The summed E-state index contributed by atoms with van der Waals surface area (Å²) in [4.78, 5) is 13.1. The van der Waals surface area contributed by atoms with E-state index in [2.05, 4.69) is 22.2 Å². The van der Waals surface area contributed by atoms with E-state index in [4.69, 9.17) is 0 Å². The van der Waals surface area contributed by atoms with Crippen LogP contribution in [0.1, 0.15) is 71.6 Å². The van der Waals surface area contributed by atoms with Crippen molar-refractivity contribution in [2.24, 2.45) is 0 Å². The molecule has 2 aliphatic carbocycles. The average Bonchev–Trinajstić information content (AvgIpc) is 3.11. The molecule has 0 bridgehead atoms. The van der Waals surface area contributed by atoms with Crippen molar-refractivity contribution in [3.63, 3.8) is 0 Å². The van der Waals surface area contributed by atoms with Crippen LogP contribution in [0.25, 0.3) is 0 Å². The smallest absolute Gasteiger partial charge is 0.252 e. The first-order valence-corrected chi connectivity index (χ1v) is 11.9. The molecule has 0 saturated heterocycles. The number of rotatable bonds is 5. The van der Waals surface area contributed by atoms with Crippen molar-refractivity contribution in [3.05, 3.63) is 64.7 Å². The molecule has 2 aliphatic rings. The number of hydrogen-bond acceptors (Lipinski definition) is 3. The van der Waals surface area contributed by atoms with Crippen LogP contribution in [-0.2, 0) is 16.4 Å². The Labute approximate surface area is 173 Å². The van der Waals surface area contributed by atoms with Gasteiger partial charge in [0, 0.05) is 11.6 Å². The molecule has 0 aliphatic heterocycles. The molecule has 1 amide bonds. The van der Waals surface area contributed by atoms with Crippen LogP contribution in [0.2, 0.25) is 0 Å². The van der Waals surface area contributed by atoms with Gasteiger partial charge in [-0.2, -0.15) is 0 Å². The fraction of sp³-hybridized carbons (Fsp3) is 0.435. The minimum atomic E-state index is -3.64. The standard InChI is InChI=1S/C23H28N2O3S/c1-16-11-13-19(29(27,28)25-18-8-3-2-4-9-18)15-21(16)23(26)24-22-14-12-17-7-5-6-10-20(17)22/h5-7,10-11,13,15,18,22,25H,2-4,8-9,12,14H2,1H3,(H,24,26). The number of aryl methyl sites for hydroxylation is 2. The van der Waals surface area contributed by atoms with Gasteiger partial charge in [-0.25, -0.2) is 13.1 Å². The summed E-state index contributed by atoms with van der Waals surface area (Å²) in [6, 6.07) is 12.9. The highest BCUT2D eigenvalue weighted by Crippen LogP contribution is 2.31. The van der Waals surface area contributed by atoms with Gasteiger partial charge in [-0.3, -0.25) is 4.79 Å². The van der Waals surface area contributed by atoms with E-state index in [1.54, 1.807) is 12.1 Å². The minimum absolute atomic E-state index is 0.0117. The molecule has 4 rings (SSSR count). The lowest BCUT2D eigenvalue weighted by molar-refractivity contribution is 0.0936. The number of sulfonamides is 1. The summed E-state index contributed by atoms with van der Waals surface area (Å²) in [6.45, 7) is 1.84. The lowest BCUT2D eigenvalue weighted by atomic mass is 9.96. The summed E-state index contributed by atoms with van der Waals surface area (Å²) < 4.78 is 28.5. The van der Waals surface area contributed by atoms with Gasteiger partial charge in [0.2, 0.25) is 10.0 Å². The molecule has 0 aromatic heterocycles. The van der Waals surface area contributed by atoms with Crippen molar-refractivity contribution >= 4 is 15.9 Å². The number of benzene rings is 2. The lowest BCUT2D eigenvalue weighted by Crippen LogP contribution is -2.36. The van der Waals surface area contributed by atoms with E-state index in [1.165, 1.54) is 11.6 Å². The largest absolute Gasteiger partial charge is 0.345 e. The molecular weight excluding hydrogens is 384 g/mol. The zero-order valence-corrected chi connectivity index (χ0v) is 17.6. The van der Waals surface area contributed by atoms with Gasteiger partial charge in [-0.05, 0) is 61.4 Å². The van der Waals surface area contributed by atoms with Crippen LogP contribution in [-0.4, -0.2) is 20.4 Å². The second-order valence-electron chi connectivity index (χ2n) is 8.20. The Morgan fingerprint density at radius 1 is 1.00 bits per heavy atom. The Morgan fingerprint density at radius 2 is 1.76 bits per heavy atom. The van der Waals surface area contributed by atoms with Gasteiger partial charge < -0.3 is 5.32 Å². The molecule has 29 heavy (non-hydrogen) atoms. The Hall–Kier alpha value is -2.18. The molecule has 0 spiro atoms. The van der Waals surface area contributed by atoms with Crippen molar-refractivity contribution in [2.45, 2.75) is 68.8 Å². The summed E-state index contributed by atoms with van der Waals surface area (Å²) in [7, 11) is -3.64. The molecule has 2 N–H and O–H groups in total. The molecule has 2 aromatic rings. The second-order valence-corrected chi connectivity index (χ2v) is 9.91. The molecule has 2 aromatic carbocycles. The number of carbonyl (C=O) groups is 1. The van der Waals surface area contributed by atoms with Crippen LogP contribution in [0.4, 0.5) is 0 Å². The molecule has 0 radical (unpaired) electrons. The van der Waals surface area contributed by atoms with Crippen molar-refractivity contribution in [1.82, 2.24) is 10.0 Å². The van der Waals surface area contributed by atoms with Crippen molar-refractivity contribution < 1.29 is 13.2 Å². The van der Waals surface area contributed by atoms with E-state index >= 15 is 0 Å². The van der Waals surface area contributed by atoms with Crippen LogP contribution in [0.15, 0.2) is 47.4 Å². The maximum atomic E-state index is 13.0. The molecule has 1 saturated carbocycles. The number of fused-ring (bicyclic) bond motifs is 1. The zero-order chi connectivity index (χ0) is 20.4. The molecule has 1 atom stereocenters. The van der Waals surface area contributed by atoms with E-state index in [9.17, 15) is 13.2 Å². The van der Waals surface area contributed by atoms with Crippen LogP contribution in [0.5, 0.6) is 0 Å². The topological polar surface area (TPSA) is 75.3 Å². The lowest BCUT2D eigenvalue weighted by Gasteiger charge is -2.23. The molecular formula is C23H28N2O3S. The third-order valence-corrected chi connectivity index (χ3v) is 7.65. The first-order chi connectivity index (χ1) is 13.9. The first kappa shape index (κ1) is 20.1. The second kappa shape index (κ2) is 8.28. The van der Waals surface area contributed by atoms with Crippen LogP contribution in [0.3, 0.4) is 0 Å². The quantitative estimate of drug-likeness (QED) is 0.779. The molecule has 0 heterocycles. The van der Waals surface area contributed by atoms with Gasteiger partial charge in [0.15, 0.2) is 0 Å². The number of nitrogens with one attached hydrogen (secondary N) is 2. The SMILES string of the molecule is Cc1ccc(S(=O)(=O)NC2CCCCC2)cc1C(=O)NC1CCc2ccccc21. The number of amides is 1. The summed E-state index contributed by atoms with van der Waals surface area (Å²) in [6.07, 6.45) is 6.83. The van der Waals surface area contributed by atoms with Crippen LogP contribution < -0.4 is 10.0 Å². The minimum Gasteiger partial charge on any atom is -0.345 e. The number of carbonyl (C=O) groups excluding carboxylic acids is 1. The Bertz CT molecular complexity index is 1010. The van der Waals surface area contributed by atoms with Gasteiger partial charge in [-0.15, -0.1) is 0 Å². The molecule has 1 unspecified atom stereocenters. The van der Waals surface area contributed by atoms with Gasteiger partial charge >= 0.3 is 0 Å². The highest BCUT2D eigenvalue weighted by atomic mass is 32.2. The Morgan fingerprint density at radius 3 is 2.55 bits per heavy atom. The van der Waals surface area contributed by atoms with Gasteiger partial charge in [0.25, 0.3) is 5.91 Å². The van der Waals surface area contributed by atoms with E-state index in [-0.39, 0.29) is 22.9 Å². The van der Waals surface area contributed by atoms with Crippen LogP contribution >= 0.6 is 0 Å². The Kier molecular flexibility index (Phi) is 5.74. The fourth-order valence-electron chi connectivity index (χ4n) is 4.46. The van der Waals surface area contributed by atoms with Crippen molar-refractivity contribution in [3.8, 4) is 0 Å². The fourth-order valence-corrected chi connectivity index (χ4v) is 5.79. The van der Waals surface area contributed by atoms with Crippen molar-refractivity contribution in [1.29, 1.82) is 0 Å². The molecule has 5 nitrogen and oxygen atoms in total. The van der Waals surface area contributed by atoms with Crippen molar-refractivity contribution in [2.75, 3.05) is 0 Å². The highest BCUT2D eigenvalue weighted by Gasteiger charge is 2.26. The third kappa shape index (κ3) is 4.38. The number of hydrogen-bond donors (Lipinski definition) is 2. The van der Waals surface area contributed by atoms with E-state index < -0.39 is 10.0 Å². The highest BCUT2D eigenvalue weighted by molar-refractivity contribution is 7.89. The van der Waals surface area contributed by atoms with E-state index in [0.29, 0.717) is 5.56 Å². The van der Waals surface area contributed by atoms with Crippen LogP contribution in [0, 0.1) is 6.92 Å². The van der Waals surface area contributed by atoms with Gasteiger partial charge in [0.1, 0.15) is 0 Å². The summed E-state index contributed by atoms with van der Waals surface area (Å²) in [5.74, 6) is -0.223. The summed E-state index contributed by atoms with van der Waals surface area (Å²) in [5.41, 5.74) is 3.61. The maximum absolute atomic E-state index is 13.0. The van der Waals surface area contributed by atoms with E-state index in [0.717, 1.165) is 56.1 Å². The van der Waals surface area contributed by atoms with Gasteiger partial charge in [-0.1, -0.05) is 49.6 Å². The summed E-state index contributed by atoms with van der Waals surface area (Å²) >= 11 is 0. The monoisotopic (exact) mass is 412 g/mol. The molecule has 1 fully saturated rings. The predicted molar refractivity (Wildman–Crippen MR) is 113 cm³/mol. The third-order valence-electron chi connectivity index (χ3n) is 6.13. The zero-order valence-electron chi connectivity index (χ0n) is 16.8. The Balaban J connectivity index is 1.53. The normalized spacial score (nSPS) is 19.7. The molecule has 6 heteroatoms. The predicted octanol–water partition coefficient (Wildman–Crippen LogP) is 4.02. The molecule has 154 valence electrons. The van der Waals surface area contributed by atoms with E-state index in [1.807, 2.05) is 19.1 Å².